The summed E-state index contributed by atoms with van der Waals surface area (Å²) in [6.45, 7) is 2.11. The first-order valence-electron chi connectivity index (χ1n) is 5.29. The van der Waals surface area contributed by atoms with Crippen molar-refractivity contribution >= 4 is 0 Å². The van der Waals surface area contributed by atoms with Crippen molar-refractivity contribution in [3.8, 4) is 0 Å². The Morgan fingerprint density at radius 2 is 1.94 bits per heavy atom. The SMILES string of the molecule is Fc1cc([C@@H]2CNCCN2)ccc1C(F)(F)F. The lowest BCUT2D eigenvalue weighted by molar-refractivity contribution is -0.140. The number of benzene rings is 1. The molecule has 1 aromatic carbocycles. The number of halogens is 4. The van der Waals surface area contributed by atoms with Crippen molar-refractivity contribution in [1.29, 1.82) is 0 Å². The lowest BCUT2D eigenvalue weighted by Gasteiger charge is -2.25. The van der Waals surface area contributed by atoms with Gasteiger partial charge in [0.25, 0.3) is 0 Å². The van der Waals surface area contributed by atoms with Crippen molar-refractivity contribution in [1.82, 2.24) is 10.6 Å². The van der Waals surface area contributed by atoms with E-state index in [1.165, 1.54) is 6.07 Å². The first kappa shape index (κ1) is 12.3. The number of hydrogen-bond donors (Lipinski definition) is 2. The summed E-state index contributed by atoms with van der Waals surface area (Å²) in [4.78, 5) is 0. The van der Waals surface area contributed by atoms with Crippen LogP contribution in [0.5, 0.6) is 0 Å². The molecule has 2 N–H and O–H groups in total. The minimum atomic E-state index is -4.64. The Bertz CT molecular complexity index is 397. The van der Waals surface area contributed by atoms with Crippen LogP contribution in [-0.2, 0) is 6.18 Å². The van der Waals surface area contributed by atoms with Crippen molar-refractivity contribution in [3.63, 3.8) is 0 Å². The van der Waals surface area contributed by atoms with Crippen LogP contribution < -0.4 is 10.6 Å². The summed E-state index contributed by atoms with van der Waals surface area (Å²) in [5, 5.41) is 6.20. The smallest absolute Gasteiger partial charge is 0.314 e. The highest BCUT2D eigenvalue weighted by atomic mass is 19.4. The predicted molar refractivity (Wildman–Crippen MR) is 55.0 cm³/mol. The second-order valence-electron chi connectivity index (χ2n) is 3.95. The molecule has 1 atom stereocenters. The summed E-state index contributed by atoms with van der Waals surface area (Å²) >= 11 is 0. The Morgan fingerprint density at radius 1 is 1.18 bits per heavy atom. The monoisotopic (exact) mass is 248 g/mol. The van der Waals surface area contributed by atoms with Crippen molar-refractivity contribution in [2.45, 2.75) is 12.2 Å². The van der Waals surface area contributed by atoms with E-state index < -0.39 is 17.6 Å². The maximum Gasteiger partial charge on any atom is 0.419 e. The predicted octanol–water partition coefficient (Wildman–Crippen LogP) is 2.08. The van der Waals surface area contributed by atoms with Crippen LogP contribution in [0.15, 0.2) is 18.2 Å². The van der Waals surface area contributed by atoms with Gasteiger partial charge < -0.3 is 10.6 Å². The zero-order chi connectivity index (χ0) is 12.5. The van der Waals surface area contributed by atoms with Gasteiger partial charge in [-0.25, -0.2) is 4.39 Å². The third-order valence-electron chi connectivity index (χ3n) is 2.74. The van der Waals surface area contributed by atoms with Gasteiger partial charge in [-0.05, 0) is 17.7 Å². The summed E-state index contributed by atoms with van der Waals surface area (Å²) in [6.07, 6.45) is -4.64. The van der Waals surface area contributed by atoms with E-state index in [1.807, 2.05) is 0 Å². The fourth-order valence-corrected chi connectivity index (χ4v) is 1.87. The van der Waals surface area contributed by atoms with Gasteiger partial charge in [0.15, 0.2) is 0 Å². The van der Waals surface area contributed by atoms with E-state index in [9.17, 15) is 17.6 Å². The molecule has 2 nitrogen and oxygen atoms in total. The Kier molecular flexibility index (Phi) is 3.35. The zero-order valence-electron chi connectivity index (χ0n) is 8.94. The molecule has 1 aliphatic heterocycles. The Balaban J connectivity index is 2.24. The normalized spacial score (nSPS) is 21.5. The van der Waals surface area contributed by atoms with Gasteiger partial charge in [0.05, 0.1) is 5.56 Å². The first-order valence-corrected chi connectivity index (χ1v) is 5.29. The van der Waals surface area contributed by atoms with E-state index in [-0.39, 0.29) is 6.04 Å². The van der Waals surface area contributed by atoms with Crippen LogP contribution in [0.3, 0.4) is 0 Å². The Hall–Kier alpha value is -1.14. The number of hydrogen-bond acceptors (Lipinski definition) is 2. The highest BCUT2D eigenvalue weighted by Gasteiger charge is 2.34. The van der Waals surface area contributed by atoms with Crippen LogP contribution in [0.1, 0.15) is 17.2 Å². The molecule has 0 amide bonds. The summed E-state index contributed by atoms with van der Waals surface area (Å²) in [5.74, 6) is -1.22. The molecule has 2 rings (SSSR count). The molecule has 1 saturated heterocycles. The van der Waals surface area contributed by atoms with Crippen molar-refractivity contribution in [3.05, 3.63) is 35.1 Å². The van der Waals surface area contributed by atoms with Gasteiger partial charge in [-0.3, -0.25) is 0 Å². The molecule has 94 valence electrons. The third-order valence-corrected chi connectivity index (χ3v) is 2.74. The molecule has 0 unspecified atom stereocenters. The van der Waals surface area contributed by atoms with Crippen LogP contribution in [0, 0.1) is 5.82 Å². The fourth-order valence-electron chi connectivity index (χ4n) is 1.87. The Morgan fingerprint density at radius 3 is 2.47 bits per heavy atom. The summed E-state index contributed by atoms with van der Waals surface area (Å²) in [6, 6.07) is 2.92. The van der Waals surface area contributed by atoms with E-state index in [4.69, 9.17) is 0 Å². The van der Waals surface area contributed by atoms with E-state index in [0.29, 0.717) is 18.7 Å². The fraction of sp³-hybridized carbons (Fsp3) is 0.455. The van der Waals surface area contributed by atoms with Crippen molar-refractivity contribution < 1.29 is 17.6 Å². The van der Waals surface area contributed by atoms with Crippen LogP contribution in [0.2, 0.25) is 0 Å². The molecular weight excluding hydrogens is 236 g/mol. The molecule has 0 aromatic heterocycles. The van der Waals surface area contributed by atoms with Gasteiger partial charge in [-0.2, -0.15) is 13.2 Å². The van der Waals surface area contributed by atoms with E-state index in [2.05, 4.69) is 10.6 Å². The van der Waals surface area contributed by atoms with Gasteiger partial charge in [-0.15, -0.1) is 0 Å². The Labute approximate surface area is 96.0 Å². The highest BCUT2D eigenvalue weighted by Crippen LogP contribution is 2.32. The second-order valence-corrected chi connectivity index (χ2v) is 3.95. The quantitative estimate of drug-likeness (QED) is 0.743. The van der Waals surface area contributed by atoms with Crippen LogP contribution in [-0.4, -0.2) is 19.6 Å². The lowest BCUT2D eigenvalue weighted by atomic mass is 10.0. The van der Waals surface area contributed by atoms with Gasteiger partial charge in [0.1, 0.15) is 5.82 Å². The minimum absolute atomic E-state index is 0.138. The lowest BCUT2D eigenvalue weighted by Crippen LogP contribution is -2.42. The summed E-state index contributed by atoms with van der Waals surface area (Å²) in [7, 11) is 0. The van der Waals surface area contributed by atoms with E-state index in [0.717, 1.165) is 18.7 Å². The molecule has 0 bridgehead atoms. The molecule has 0 saturated carbocycles. The van der Waals surface area contributed by atoms with Gasteiger partial charge >= 0.3 is 6.18 Å². The molecule has 1 fully saturated rings. The van der Waals surface area contributed by atoms with Crippen LogP contribution in [0.25, 0.3) is 0 Å². The molecular formula is C11H12F4N2. The molecule has 1 heterocycles. The maximum atomic E-state index is 13.3. The van der Waals surface area contributed by atoms with Gasteiger partial charge in [0, 0.05) is 25.7 Å². The molecule has 0 aliphatic carbocycles. The average Bonchev–Trinajstić information content (AvgIpc) is 2.28. The number of nitrogens with one attached hydrogen (secondary N) is 2. The first-order chi connectivity index (χ1) is 7.98. The largest absolute Gasteiger partial charge is 0.419 e. The number of alkyl halides is 3. The van der Waals surface area contributed by atoms with Crippen molar-refractivity contribution in [2.75, 3.05) is 19.6 Å². The van der Waals surface area contributed by atoms with Gasteiger partial charge in [0.2, 0.25) is 0 Å². The number of rotatable bonds is 1. The summed E-state index contributed by atoms with van der Waals surface area (Å²) in [5.41, 5.74) is -0.687. The van der Waals surface area contributed by atoms with Crippen LogP contribution in [0.4, 0.5) is 17.6 Å². The highest BCUT2D eigenvalue weighted by molar-refractivity contribution is 5.29. The molecule has 0 radical (unpaired) electrons. The molecule has 1 aromatic rings. The zero-order valence-corrected chi connectivity index (χ0v) is 8.94. The van der Waals surface area contributed by atoms with Crippen LogP contribution >= 0.6 is 0 Å². The van der Waals surface area contributed by atoms with Crippen molar-refractivity contribution in [2.24, 2.45) is 0 Å². The molecule has 0 spiro atoms. The van der Waals surface area contributed by atoms with E-state index in [1.54, 1.807) is 0 Å². The molecule has 6 heteroatoms. The molecule has 17 heavy (non-hydrogen) atoms. The number of piperazine rings is 1. The maximum absolute atomic E-state index is 13.3. The average molecular weight is 248 g/mol. The van der Waals surface area contributed by atoms with E-state index >= 15 is 0 Å². The minimum Gasteiger partial charge on any atom is -0.314 e. The third kappa shape index (κ3) is 2.76. The topological polar surface area (TPSA) is 24.1 Å². The second kappa shape index (κ2) is 4.62. The molecule has 1 aliphatic rings. The standard InChI is InChI=1S/C11H12F4N2/c12-9-5-7(10-6-16-3-4-17-10)1-2-8(9)11(13,14)15/h1-2,5,10,16-17H,3-4,6H2/t10-/m0/s1. The summed E-state index contributed by atoms with van der Waals surface area (Å²) < 4.78 is 50.4. The van der Waals surface area contributed by atoms with Gasteiger partial charge in [-0.1, -0.05) is 6.07 Å².